The van der Waals surface area contributed by atoms with Crippen molar-refractivity contribution in [3.05, 3.63) is 35.9 Å². The number of aliphatic hydroxyl groups excluding tert-OH is 1. The van der Waals surface area contributed by atoms with Crippen molar-refractivity contribution >= 4 is 6.03 Å². The summed E-state index contributed by atoms with van der Waals surface area (Å²) in [6.45, 7) is 2.76. The fraction of sp³-hybridized carbons (Fsp3) is 0.588. The first kappa shape index (κ1) is 15.3. The Kier molecular flexibility index (Phi) is 4.95. The van der Waals surface area contributed by atoms with E-state index in [9.17, 15) is 9.90 Å². The summed E-state index contributed by atoms with van der Waals surface area (Å²) in [4.78, 5) is 14.1. The van der Waals surface area contributed by atoms with Crippen molar-refractivity contribution in [2.24, 2.45) is 5.92 Å². The zero-order valence-corrected chi connectivity index (χ0v) is 12.8. The van der Waals surface area contributed by atoms with E-state index in [1.54, 1.807) is 0 Å². The molecule has 0 bridgehead atoms. The van der Waals surface area contributed by atoms with E-state index in [1.165, 1.54) is 0 Å². The number of nitrogens with one attached hydrogen (secondary N) is 1. The standard InChI is InChI=1S/C17H24N2O3/c20-16(13-4-2-1-3-5-13)14-6-9-19(10-7-14)17(21)18-15-8-11-22-12-15/h1-5,14-16,20H,6-12H2,(H,18,21). The first-order valence-corrected chi connectivity index (χ1v) is 8.10. The number of likely N-dealkylation sites (tertiary alicyclic amines) is 1. The summed E-state index contributed by atoms with van der Waals surface area (Å²) in [6, 6.07) is 9.93. The SMILES string of the molecule is O=C(NC1CCOC1)N1CCC(C(O)c2ccccc2)CC1. The third-order valence-electron chi connectivity index (χ3n) is 4.67. The third-order valence-corrected chi connectivity index (χ3v) is 4.67. The lowest BCUT2D eigenvalue weighted by atomic mass is 9.87. The van der Waals surface area contributed by atoms with Crippen LogP contribution in [0.5, 0.6) is 0 Å². The highest BCUT2D eigenvalue weighted by molar-refractivity contribution is 5.74. The van der Waals surface area contributed by atoms with Crippen molar-refractivity contribution in [3.8, 4) is 0 Å². The molecule has 5 heteroatoms. The molecule has 0 spiro atoms. The monoisotopic (exact) mass is 304 g/mol. The number of nitrogens with zero attached hydrogens (tertiary/aromatic N) is 1. The van der Waals surface area contributed by atoms with Crippen LogP contribution in [-0.2, 0) is 4.74 Å². The minimum atomic E-state index is -0.436. The van der Waals surface area contributed by atoms with Gasteiger partial charge in [0.05, 0.1) is 18.8 Å². The van der Waals surface area contributed by atoms with Gasteiger partial charge in [-0.05, 0) is 30.7 Å². The maximum absolute atomic E-state index is 12.2. The quantitative estimate of drug-likeness (QED) is 0.897. The van der Waals surface area contributed by atoms with Gasteiger partial charge in [-0.25, -0.2) is 4.79 Å². The van der Waals surface area contributed by atoms with Gasteiger partial charge in [-0.3, -0.25) is 0 Å². The van der Waals surface area contributed by atoms with Gasteiger partial charge in [-0.2, -0.15) is 0 Å². The molecule has 22 heavy (non-hydrogen) atoms. The minimum absolute atomic E-state index is 0.00292. The lowest BCUT2D eigenvalue weighted by Gasteiger charge is -2.34. The van der Waals surface area contributed by atoms with Crippen molar-refractivity contribution < 1.29 is 14.6 Å². The minimum Gasteiger partial charge on any atom is -0.388 e. The van der Waals surface area contributed by atoms with Crippen LogP contribution in [0.3, 0.4) is 0 Å². The molecule has 2 amide bonds. The smallest absolute Gasteiger partial charge is 0.317 e. The number of carbonyl (C=O) groups is 1. The van der Waals surface area contributed by atoms with Crippen LogP contribution in [0.25, 0.3) is 0 Å². The average Bonchev–Trinajstić information content (AvgIpc) is 3.08. The second-order valence-corrected chi connectivity index (χ2v) is 6.19. The van der Waals surface area contributed by atoms with Crippen LogP contribution >= 0.6 is 0 Å². The van der Waals surface area contributed by atoms with Gasteiger partial charge in [0, 0.05) is 19.7 Å². The summed E-state index contributed by atoms with van der Waals surface area (Å²) in [6.07, 6.45) is 2.14. The predicted octanol–water partition coefficient (Wildman–Crippen LogP) is 1.93. The molecule has 0 radical (unpaired) electrons. The summed E-state index contributed by atoms with van der Waals surface area (Å²) in [5.74, 6) is 0.223. The first-order chi connectivity index (χ1) is 10.7. The molecule has 1 aromatic rings. The highest BCUT2D eigenvalue weighted by Gasteiger charge is 2.29. The molecule has 2 atom stereocenters. The molecule has 0 saturated carbocycles. The van der Waals surface area contributed by atoms with Crippen molar-refractivity contribution in [2.75, 3.05) is 26.3 Å². The summed E-state index contributed by atoms with van der Waals surface area (Å²) in [5, 5.41) is 13.5. The van der Waals surface area contributed by atoms with Crippen molar-refractivity contribution in [3.63, 3.8) is 0 Å². The predicted molar refractivity (Wildman–Crippen MR) is 83.5 cm³/mol. The summed E-state index contributed by atoms with van der Waals surface area (Å²) >= 11 is 0. The molecular formula is C17H24N2O3. The number of urea groups is 1. The van der Waals surface area contributed by atoms with E-state index in [4.69, 9.17) is 4.74 Å². The number of benzene rings is 1. The topological polar surface area (TPSA) is 61.8 Å². The van der Waals surface area contributed by atoms with Crippen molar-refractivity contribution in [1.82, 2.24) is 10.2 Å². The zero-order chi connectivity index (χ0) is 15.4. The molecular weight excluding hydrogens is 280 g/mol. The largest absolute Gasteiger partial charge is 0.388 e. The molecule has 120 valence electrons. The maximum atomic E-state index is 12.2. The Morgan fingerprint density at radius 2 is 1.95 bits per heavy atom. The van der Waals surface area contributed by atoms with E-state index in [1.807, 2.05) is 35.2 Å². The molecule has 2 unspecified atom stereocenters. The lowest BCUT2D eigenvalue weighted by Crippen LogP contribution is -2.48. The van der Waals surface area contributed by atoms with E-state index in [0.29, 0.717) is 19.7 Å². The van der Waals surface area contributed by atoms with Crippen LogP contribution in [0.15, 0.2) is 30.3 Å². The molecule has 2 N–H and O–H groups in total. The number of piperidine rings is 1. The normalized spacial score (nSPS) is 24.2. The summed E-state index contributed by atoms with van der Waals surface area (Å²) < 4.78 is 5.28. The van der Waals surface area contributed by atoms with Crippen LogP contribution in [-0.4, -0.2) is 48.4 Å². The van der Waals surface area contributed by atoms with Gasteiger partial charge >= 0.3 is 6.03 Å². The number of carbonyl (C=O) groups excluding carboxylic acids is 1. The highest BCUT2D eigenvalue weighted by Crippen LogP contribution is 2.30. The van der Waals surface area contributed by atoms with Gasteiger partial charge in [-0.1, -0.05) is 30.3 Å². The van der Waals surface area contributed by atoms with E-state index in [2.05, 4.69) is 5.32 Å². The highest BCUT2D eigenvalue weighted by atomic mass is 16.5. The fourth-order valence-electron chi connectivity index (χ4n) is 3.25. The summed E-state index contributed by atoms with van der Waals surface area (Å²) in [5.41, 5.74) is 0.966. The second-order valence-electron chi connectivity index (χ2n) is 6.19. The fourth-order valence-corrected chi connectivity index (χ4v) is 3.25. The molecule has 2 heterocycles. The molecule has 0 aromatic heterocycles. The molecule has 2 fully saturated rings. The molecule has 5 nitrogen and oxygen atoms in total. The van der Waals surface area contributed by atoms with Crippen molar-refractivity contribution in [1.29, 1.82) is 0 Å². The van der Waals surface area contributed by atoms with E-state index >= 15 is 0 Å². The number of ether oxygens (including phenoxy) is 1. The van der Waals surface area contributed by atoms with E-state index in [-0.39, 0.29) is 18.0 Å². The van der Waals surface area contributed by atoms with Gasteiger partial charge in [-0.15, -0.1) is 0 Å². The van der Waals surface area contributed by atoms with Gasteiger partial charge in [0.15, 0.2) is 0 Å². The van der Waals surface area contributed by atoms with Gasteiger partial charge in [0.25, 0.3) is 0 Å². The Morgan fingerprint density at radius 1 is 1.23 bits per heavy atom. The number of rotatable bonds is 3. The number of amides is 2. The number of hydrogen-bond acceptors (Lipinski definition) is 3. The third kappa shape index (κ3) is 3.59. The van der Waals surface area contributed by atoms with Crippen LogP contribution in [0, 0.1) is 5.92 Å². The number of aliphatic hydroxyl groups is 1. The Bertz CT molecular complexity index is 480. The van der Waals surface area contributed by atoms with Gasteiger partial charge in [0.1, 0.15) is 0 Å². The van der Waals surface area contributed by atoms with Crippen LogP contribution in [0.2, 0.25) is 0 Å². The zero-order valence-electron chi connectivity index (χ0n) is 12.8. The van der Waals surface area contributed by atoms with Crippen LogP contribution < -0.4 is 5.32 Å². The first-order valence-electron chi connectivity index (χ1n) is 8.10. The molecule has 2 aliphatic rings. The lowest BCUT2D eigenvalue weighted by molar-refractivity contribution is 0.0660. The Labute approximate surface area is 131 Å². The van der Waals surface area contributed by atoms with Crippen LogP contribution in [0.4, 0.5) is 4.79 Å². The van der Waals surface area contributed by atoms with Crippen LogP contribution in [0.1, 0.15) is 30.9 Å². The van der Waals surface area contributed by atoms with E-state index in [0.717, 1.165) is 31.4 Å². The average molecular weight is 304 g/mol. The summed E-state index contributed by atoms with van der Waals surface area (Å²) in [7, 11) is 0. The van der Waals surface area contributed by atoms with E-state index < -0.39 is 6.10 Å². The Balaban J connectivity index is 1.48. The molecule has 1 aromatic carbocycles. The van der Waals surface area contributed by atoms with Crippen molar-refractivity contribution in [2.45, 2.75) is 31.4 Å². The Hall–Kier alpha value is -1.59. The molecule has 0 aliphatic carbocycles. The number of hydrogen-bond donors (Lipinski definition) is 2. The molecule has 2 saturated heterocycles. The molecule has 2 aliphatic heterocycles. The second kappa shape index (κ2) is 7.11. The van der Waals surface area contributed by atoms with Gasteiger partial charge < -0.3 is 20.1 Å². The molecule has 3 rings (SSSR count). The maximum Gasteiger partial charge on any atom is 0.317 e. The Morgan fingerprint density at radius 3 is 2.59 bits per heavy atom. The van der Waals surface area contributed by atoms with Gasteiger partial charge in [0.2, 0.25) is 0 Å².